The summed E-state index contributed by atoms with van der Waals surface area (Å²) in [4.78, 5) is 34.2. The number of terminal acetylenes is 1. The predicted octanol–water partition coefficient (Wildman–Crippen LogP) is 6.57. The molecule has 4 saturated heterocycles. The fraction of sp³-hybridized carbons (Fsp3) is 0.487. The molecule has 0 N–H and O–H groups in total. The van der Waals surface area contributed by atoms with Gasteiger partial charge in [-0.25, -0.2) is 9.18 Å². The van der Waals surface area contributed by atoms with E-state index < -0.39 is 11.4 Å². The van der Waals surface area contributed by atoms with Gasteiger partial charge in [0.05, 0.1) is 30.1 Å². The molecule has 0 radical (unpaired) electrons. The molecule has 2 bridgehead atoms. The molecule has 6 heterocycles. The fourth-order valence-electron chi connectivity index (χ4n) is 8.69. The number of halogens is 1. The Morgan fingerprint density at radius 2 is 1.84 bits per heavy atom. The molecule has 8 rings (SSSR count). The SMILES string of the molecule is C#Cc1cccc2cc(OC)cc(-c3ncc4c(N5C[C@H]6CC[C@@H](C5)N6C(=O)OC(C)(C)C)nc(OCC56CCCN5CCC6)nc4c3F)c12. The highest BCUT2D eigenvalue weighted by Gasteiger charge is 2.46. The van der Waals surface area contributed by atoms with Crippen LogP contribution in [-0.2, 0) is 4.74 Å². The molecule has 260 valence electrons. The van der Waals surface area contributed by atoms with E-state index in [0.29, 0.717) is 53.2 Å². The summed E-state index contributed by atoms with van der Waals surface area (Å²) in [6, 6.07) is 9.29. The van der Waals surface area contributed by atoms with Gasteiger partial charge in [0.2, 0.25) is 0 Å². The third-order valence-electron chi connectivity index (χ3n) is 10.9. The van der Waals surface area contributed by atoms with Crippen LogP contribution in [0.3, 0.4) is 0 Å². The summed E-state index contributed by atoms with van der Waals surface area (Å²) in [5.41, 5.74) is 0.759. The molecule has 50 heavy (non-hydrogen) atoms. The molecule has 2 aromatic carbocycles. The molecule has 10 nitrogen and oxygen atoms in total. The Labute approximate surface area is 291 Å². The van der Waals surface area contributed by atoms with E-state index in [2.05, 4.69) is 15.7 Å². The van der Waals surface area contributed by atoms with Gasteiger partial charge in [0.1, 0.15) is 35.0 Å². The fourth-order valence-corrected chi connectivity index (χ4v) is 8.69. The number of piperazine rings is 1. The number of hydrogen-bond acceptors (Lipinski definition) is 9. The van der Waals surface area contributed by atoms with Gasteiger partial charge in [-0.2, -0.15) is 9.97 Å². The number of amides is 1. The Morgan fingerprint density at radius 1 is 1.10 bits per heavy atom. The van der Waals surface area contributed by atoms with E-state index in [9.17, 15) is 4.79 Å². The first-order valence-corrected chi connectivity index (χ1v) is 17.7. The number of carbonyl (C=O) groups is 1. The number of rotatable bonds is 6. The molecule has 4 fully saturated rings. The molecule has 4 aliphatic heterocycles. The molecule has 2 aromatic heterocycles. The van der Waals surface area contributed by atoms with E-state index in [0.717, 1.165) is 57.0 Å². The van der Waals surface area contributed by atoms with Crippen LogP contribution >= 0.6 is 0 Å². The third kappa shape index (κ3) is 5.54. The second-order valence-corrected chi connectivity index (χ2v) is 15.1. The maximum absolute atomic E-state index is 17.1. The Hall–Kier alpha value is -4.69. The van der Waals surface area contributed by atoms with Crippen molar-refractivity contribution in [2.75, 3.05) is 44.8 Å². The summed E-state index contributed by atoms with van der Waals surface area (Å²) in [5, 5.41) is 2.01. The second kappa shape index (κ2) is 12.3. The van der Waals surface area contributed by atoms with Crippen LogP contribution in [0.1, 0.15) is 64.9 Å². The molecule has 4 aromatic rings. The number of ether oxygens (including phenoxy) is 3. The van der Waals surface area contributed by atoms with Crippen molar-refractivity contribution in [3.63, 3.8) is 0 Å². The van der Waals surface area contributed by atoms with Crippen LogP contribution in [0.2, 0.25) is 0 Å². The Kier molecular flexibility index (Phi) is 7.98. The molecule has 4 aliphatic rings. The molecule has 0 saturated carbocycles. The first kappa shape index (κ1) is 32.5. The van der Waals surface area contributed by atoms with E-state index >= 15 is 4.39 Å². The second-order valence-electron chi connectivity index (χ2n) is 15.1. The van der Waals surface area contributed by atoms with Crippen LogP contribution in [0.15, 0.2) is 36.5 Å². The maximum Gasteiger partial charge on any atom is 0.410 e. The van der Waals surface area contributed by atoms with Crippen molar-refractivity contribution in [2.24, 2.45) is 0 Å². The van der Waals surface area contributed by atoms with Gasteiger partial charge in [0, 0.05) is 35.8 Å². The van der Waals surface area contributed by atoms with Crippen molar-refractivity contribution in [3.8, 4) is 35.4 Å². The van der Waals surface area contributed by atoms with Gasteiger partial charge in [-0.15, -0.1) is 6.42 Å². The highest BCUT2D eigenvalue weighted by Crippen LogP contribution is 2.42. The van der Waals surface area contributed by atoms with E-state index in [1.165, 1.54) is 0 Å². The van der Waals surface area contributed by atoms with Gasteiger partial charge in [-0.05, 0) is 96.0 Å². The van der Waals surface area contributed by atoms with Crippen molar-refractivity contribution in [1.29, 1.82) is 0 Å². The Balaban J connectivity index is 1.23. The standard InChI is InChI=1S/C39H43FN6O4/c1-6-24-10-7-11-25-18-28(48-5)19-29(31(24)25)33-32(40)34-30(20-41-33)35(43-36(42-34)49-23-39-14-8-16-45(39)17-9-15-39)44-21-26-12-13-27(22-44)46(26)37(47)50-38(2,3)4/h1,7,10-11,18-20,26-27H,8-9,12-17,21-23H2,2-5H3/t26-,27+. The Morgan fingerprint density at radius 3 is 2.52 bits per heavy atom. The summed E-state index contributed by atoms with van der Waals surface area (Å²) in [6.45, 7) is 9.26. The number of aromatic nitrogens is 3. The number of methoxy groups -OCH3 is 1. The van der Waals surface area contributed by atoms with Gasteiger partial charge >= 0.3 is 12.1 Å². The summed E-state index contributed by atoms with van der Waals surface area (Å²) in [6.07, 6.45) is 13.4. The molecule has 1 amide bonds. The summed E-state index contributed by atoms with van der Waals surface area (Å²) in [7, 11) is 1.58. The van der Waals surface area contributed by atoms with E-state index in [1.54, 1.807) is 19.4 Å². The number of anilines is 1. The zero-order valence-corrected chi connectivity index (χ0v) is 29.2. The zero-order chi connectivity index (χ0) is 34.8. The van der Waals surface area contributed by atoms with Crippen LogP contribution in [-0.4, -0.2) is 94.0 Å². The molecular formula is C39H43FN6O4. The lowest BCUT2D eigenvalue weighted by atomic mass is 9.95. The number of fused-ring (bicyclic) bond motifs is 5. The quantitative estimate of drug-likeness (QED) is 0.210. The highest BCUT2D eigenvalue weighted by atomic mass is 19.1. The lowest BCUT2D eigenvalue weighted by Crippen LogP contribution is -2.57. The van der Waals surface area contributed by atoms with Crippen molar-refractivity contribution >= 4 is 33.6 Å². The van der Waals surface area contributed by atoms with E-state index in [4.69, 9.17) is 35.6 Å². The Bertz CT molecular complexity index is 2020. The molecule has 0 unspecified atom stereocenters. The van der Waals surface area contributed by atoms with Gasteiger partial charge < -0.3 is 19.1 Å². The highest BCUT2D eigenvalue weighted by molar-refractivity contribution is 6.03. The summed E-state index contributed by atoms with van der Waals surface area (Å²) >= 11 is 0. The van der Waals surface area contributed by atoms with Crippen molar-refractivity contribution < 1.29 is 23.4 Å². The van der Waals surface area contributed by atoms with Crippen LogP contribution < -0.4 is 14.4 Å². The first-order valence-electron chi connectivity index (χ1n) is 17.7. The van der Waals surface area contributed by atoms with Crippen molar-refractivity contribution in [1.82, 2.24) is 24.8 Å². The van der Waals surface area contributed by atoms with E-state index in [-0.39, 0.29) is 40.9 Å². The maximum atomic E-state index is 17.1. The van der Waals surface area contributed by atoms with Crippen LogP contribution in [0.5, 0.6) is 11.8 Å². The van der Waals surface area contributed by atoms with Gasteiger partial charge in [-0.3, -0.25) is 14.8 Å². The zero-order valence-electron chi connectivity index (χ0n) is 29.2. The summed E-state index contributed by atoms with van der Waals surface area (Å²) in [5.74, 6) is 3.27. The summed E-state index contributed by atoms with van der Waals surface area (Å²) < 4.78 is 35.0. The predicted molar refractivity (Wildman–Crippen MR) is 190 cm³/mol. The van der Waals surface area contributed by atoms with Crippen molar-refractivity contribution in [3.05, 3.63) is 47.9 Å². The average Bonchev–Trinajstić information content (AvgIpc) is 3.76. The number of carbonyl (C=O) groups excluding carboxylic acids is 1. The number of pyridine rings is 1. The minimum absolute atomic E-state index is 0.0380. The minimum atomic E-state index is -0.591. The topological polar surface area (TPSA) is 93.2 Å². The number of nitrogens with zero attached hydrogens (tertiary/aromatic N) is 6. The van der Waals surface area contributed by atoms with E-state index in [1.807, 2.05) is 49.9 Å². The van der Waals surface area contributed by atoms with Crippen LogP contribution in [0, 0.1) is 18.2 Å². The molecule has 11 heteroatoms. The molecule has 0 spiro atoms. The van der Waals surface area contributed by atoms with Gasteiger partial charge in [0.25, 0.3) is 0 Å². The van der Waals surface area contributed by atoms with Crippen LogP contribution in [0.25, 0.3) is 32.9 Å². The lowest BCUT2D eigenvalue weighted by Gasteiger charge is -2.42. The number of hydrogen-bond donors (Lipinski definition) is 0. The average molecular weight is 679 g/mol. The molecule has 2 atom stereocenters. The molecular weight excluding hydrogens is 635 g/mol. The number of benzene rings is 2. The van der Waals surface area contributed by atoms with Gasteiger partial charge in [0.15, 0.2) is 5.82 Å². The minimum Gasteiger partial charge on any atom is -0.497 e. The van der Waals surface area contributed by atoms with Gasteiger partial charge in [-0.1, -0.05) is 18.1 Å². The van der Waals surface area contributed by atoms with Crippen molar-refractivity contribution in [2.45, 2.75) is 82.5 Å². The lowest BCUT2D eigenvalue weighted by molar-refractivity contribution is 0.0122. The monoisotopic (exact) mass is 678 g/mol. The van der Waals surface area contributed by atoms with Crippen LogP contribution in [0.4, 0.5) is 15.0 Å². The third-order valence-corrected chi connectivity index (χ3v) is 10.9. The smallest absolute Gasteiger partial charge is 0.410 e. The largest absolute Gasteiger partial charge is 0.497 e. The molecule has 0 aliphatic carbocycles. The first-order chi connectivity index (χ1) is 24.1. The normalized spacial score (nSPS) is 21.4.